The maximum absolute atomic E-state index is 11.3. The highest BCUT2D eigenvalue weighted by Crippen LogP contribution is 2.48. The summed E-state index contributed by atoms with van der Waals surface area (Å²) in [7, 11) is 0. The minimum absolute atomic E-state index is 0.284. The van der Waals surface area contributed by atoms with E-state index in [9.17, 15) is 10.2 Å². The van der Waals surface area contributed by atoms with E-state index < -0.39 is 18.3 Å². The molecule has 0 saturated heterocycles. The average Bonchev–Trinajstić information content (AvgIpc) is 3.05. The van der Waals surface area contributed by atoms with Gasteiger partial charge in [0.15, 0.2) is 6.10 Å². The van der Waals surface area contributed by atoms with Gasteiger partial charge >= 0.3 is 0 Å². The molecule has 6 heteroatoms. The summed E-state index contributed by atoms with van der Waals surface area (Å²) >= 11 is 0. The zero-order chi connectivity index (χ0) is 28.7. The van der Waals surface area contributed by atoms with Crippen LogP contribution in [-0.4, -0.2) is 16.3 Å². The lowest BCUT2D eigenvalue weighted by Gasteiger charge is -2.35. The van der Waals surface area contributed by atoms with Gasteiger partial charge in [-0.25, -0.2) is 0 Å². The summed E-state index contributed by atoms with van der Waals surface area (Å²) in [5.74, 6) is 2.03. The molecule has 0 saturated carbocycles. The van der Waals surface area contributed by atoms with Crippen molar-refractivity contribution in [3.63, 3.8) is 0 Å². The smallest absolute Gasteiger partial charge is 0.152 e. The molecule has 1 aliphatic heterocycles. The highest BCUT2D eigenvalue weighted by atomic mass is 16.5. The molecule has 0 aromatic heterocycles. The van der Waals surface area contributed by atoms with E-state index in [0.29, 0.717) is 47.3 Å². The first-order valence-corrected chi connectivity index (χ1v) is 13.9. The lowest BCUT2D eigenvalue weighted by atomic mass is 9.91. The molecule has 0 aliphatic carbocycles. The van der Waals surface area contributed by atoms with Crippen LogP contribution < -0.4 is 18.9 Å². The molecule has 6 rings (SSSR count). The van der Waals surface area contributed by atoms with Gasteiger partial charge in [-0.15, -0.1) is 0 Å². The van der Waals surface area contributed by atoms with E-state index in [1.54, 1.807) is 12.1 Å². The summed E-state index contributed by atoms with van der Waals surface area (Å²) in [6.07, 6.45) is -3.26. The number of rotatable bonds is 10. The third kappa shape index (κ3) is 6.41. The molecule has 0 amide bonds. The van der Waals surface area contributed by atoms with Crippen molar-refractivity contribution >= 4 is 0 Å². The first-order chi connectivity index (χ1) is 20.6. The summed E-state index contributed by atoms with van der Waals surface area (Å²) in [4.78, 5) is 0. The number of benzene rings is 5. The number of ether oxygens (including phenoxy) is 4. The van der Waals surface area contributed by atoms with Crippen LogP contribution in [-0.2, 0) is 19.8 Å². The number of aliphatic hydroxyl groups excluding tert-OH is 2. The van der Waals surface area contributed by atoms with Crippen molar-refractivity contribution in [3.8, 4) is 23.0 Å². The van der Waals surface area contributed by atoms with Crippen LogP contribution in [0, 0.1) is 0 Å². The molecule has 5 aromatic carbocycles. The second-order valence-corrected chi connectivity index (χ2v) is 10.2. The van der Waals surface area contributed by atoms with Gasteiger partial charge in [0.1, 0.15) is 55.0 Å². The molecular weight excluding hydrogens is 528 g/mol. The van der Waals surface area contributed by atoms with Gasteiger partial charge in [-0.2, -0.15) is 0 Å². The molecule has 6 nitrogen and oxygen atoms in total. The zero-order valence-electron chi connectivity index (χ0n) is 23.0. The lowest BCUT2D eigenvalue weighted by Crippen LogP contribution is -2.34. The van der Waals surface area contributed by atoms with Crippen molar-refractivity contribution in [1.29, 1.82) is 0 Å². The van der Waals surface area contributed by atoms with Crippen LogP contribution in [0.4, 0.5) is 0 Å². The topological polar surface area (TPSA) is 77.4 Å². The SMILES string of the molecule is O[C@@H]1[C@@H](c2ccc(OCc3ccccc3)cc2)Oc2cc(OCc3ccccc3)cc(OCc3ccccc3)c2[C@@H]1O. The van der Waals surface area contributed by atoms with E-state index in [4.69, 9.17) is 18.9 Å². The summed E-state index contributed by atoms with van der Waals surface area (Å²) in [5, 5.41) is 22.5. The second kappa shape index (κ2) is 12.8. The molecular formula is C36H32O6. The predicted molar refractivity (Wildman–Crippen MR) is 160 cm³/mol. The molecule has 1 heterocycles. The molecule has 0 radical (unpaired) electrons. The highest BCUT2D eigenvalue weighted by Gasteiger charge is 2.39. The maximum atomic E-state index is 11.3. The maximum Gasteiger partial charge on any atom is 0.152 e. The summed E-state index contributed by atoms with van der Waals surface area (Å²) in [6, 6.07) is 40.4. The Kier molecular flexibility index (Phi) is 8.36. The molecule has 0 unspecified atom stereocenters. The standard InChI is InChI=1S/C36H32O6/c37-34-33-31(41-24-27-14-8-3-9-15-27)20-30(40-23-26-12-6-2-7-13-26)21-32(33)42-36(35(34)38)28-16-18-29(19-17-28)39-22-25-10-4-1-5-11-25/h1-21,34-38H,22-24H2/t34-,35-,36+/m0/s1. The van der Waals surface area contributed by atoms with Crippen molar-refractivity contribution in [3.05, 3.63) is 155 Å². The molecule has 1 aliphatic rings. The molecule has 3 atom stereocenters. The Labute approximate surface area is 245 Å². The second-order valence-electron chi connectivity index (χ2n) is 10.2. The normalized spacial score (nSPS) is 17.5. The molecule has 212 valence electrons. The largest absolute Gasteiger partial charge is 0.489 e. The third-order valence-corrected chi connectivity index (χ3v) is 7.20. The lowest BCUT2D eigenvalue weighted by molar-refractivity contribution is -0.0713. The third-order valence-electron chi connectivity index (χ3n) is 7.20. The Balaban J connectivity index is 1.24. The fourth-order valence-electron chi connectivity index (χ4n) is 4.95. The van der Waals surface area contributed by atoms with E-state index in [1.165, 1.54) is 0 Å². The van der Waals surface area contributed by atoms with Crippen LogP contribution in [0.1, 0.15) is 40.0 Å². The molecule has 0 bridgehead atoms. The Morgan fingerprint density at radius 1 is 0.548 bits per heavy atom. The summed E-state index contributed by atoms with van der Waals surface area (Å²) in [6.45, 7) is 1.09. The highest BCUT2D eigenvalue weighted by molar-refractivity contribution is 5.54. The van der Waals surface area contributed by atoms with Gasteiger partial charge in [-0.3, -0.25) is 0 Å². The van der Waals surface area contributed by atoms with Gasteiger partial charge in [0.05, 0.1) is 5.56 Å². The van der Waals surface area contributed by atoms with Crippen LogP contribution in [0.3, 0.4) is 0 Å². The molecule has 0 spiro atoms. The zero-order valence-corrected chi connectivity index (χ0v) is 23.0. The van der Waals surface area contributed by atoms with E-state index in [-0.39, 0.29) is 6.61 Å². The van der Waals surface area contributed by atoms with Crippen LogP contribution >= 0.6 is 0 Å². The summed E-state index contributed by atoms with van der Waals surface area (Å²) in [5.41, 5.74) is 4.17. The van der Waals surface area contributed by atoms with Crippen LogP contribution in [0.2, 0.25) is 0 Å². The van der Waals surface area contributed by atoms with Crippen LogP contribution in [0.25, 0.3) is 0 Å². The number of hydrogen-bond donors (Lipinski definition) is 2. The van der Waals surface area contributed by atoms with Crippen molar-refractivity contribution in [1.82, 2.24) is 0 Å². The van der Waals surface area contributed by atoms with Crippen molar-refractivity contribution < 1.29 is 29.2 Å². The molecule has 5 aromatic rings. The van der Waals surface area contributed by atoms with Gasteiger partial charge in [0, 0.05) is 12.1 Å². The minimum atomic E-state index is -1.23. The van der Waals surface area contributed by atoms with E-state index in [0.717, 1.165) is 16.7 Å². The van der Waals surface area contributed by atoms with Gasteiger partial charge in [0.25, 0.3) is 0 Å². The fraction of sp³-hybridized carbons (Fsp3) is 0.167. The molecule has 42 heavy (non-hydrogen) atoms. The van der Waals surface area contributed by atoms with Crippen molar-refractivity contribution in [2.24, 2.45) is 0 Å². The molecule has 0 fully saturated rings. The Hall–Kier alpha value is -4.78. The van der Waals surface area contributed by atoms with Gasteiger partial charge in [-0.1, -0.05) is 103 Å². The first kappa shape index (κ1) is 27.4. The number of hydrogen-bond acceptors (Lipinski definition) is 6. The Morgan fingerprint density at radius 2 is 1.05 bits per heavy atom. The number of fused-ring (bicyclic) bond motifs is 1. The summed E-state index contributed by atoms with van der Waals surface area (Å²) < 4.78 is 24.5. The van der Waals surface area contributed by atoms with E-state index in [2.05, 4.69) is 0 Å². The van der Waals surface area contributed by atoms with Crippen molar-refractivity contribution in [2.75, 3.05) is 0 Å². The monoisotopic (exact) mass is 560 g/mol. The van der Waals surface area contributed by atoms with Crippen LogP contribution in [0.5, 0.6) is 23.0 Å². The first-order valence-electron chi connectivity index (χ1n) is 13.9. The molecule has 2 N–H and O–H groups in total. The van der Waals surface area contributed by atoms with Gasteiger partial charge in [0.2, 0.25) is 0 Å². The average molecular weight is 561 g/mol. The van der Waals surface area contributed by atoms with Crippen molar-refractivity contribution in [2.45, 2.75) is 38.1 Å². The quantitative estimate of drug-likeness (QED) is 0.192. The Morgan fingerprint density at radius 3 is 1.60 bits per heavy atom. The van der Waals surface area contributed by atoms with E-state index >= 15 is 0 Å². The van der Waals surface area contributed by atoms with E-state index in [1.807, 2.05) is 115 Å². The predicted octanol–water partition coefficient (Wildman–Crippen LogP) is 6.95. The minimum Gasteiger partial charge on any atom is -0.489 e. The number of aliphatic hydroxyl groups is 2. The van der Waals surface area contributed by atoms with Crippen LogP contribution in [0.15, 0.2) is 127 Å². The van der Waals surface area contributed by atoms with Gasteiger partial charge < -0.3 is 29.2 Å². The fourth-order valence-corrected chi connectivity index (χ4v) is 4.95. The van der Waals surface area contributed by atoms with Gasteiger partial charge in [-0.05, 0) is 34.4 Å². The Bertz CT molecular complexity index is 1570.